The first-order valence-electron chi connectivity index (χ1n) is 5.08. The number of halogens is 1. The van der Waals surface area contributed by atoms with Crippen LogP contribution in [0.25, 0.3) is 22.6 Å². The molecule has 4 heteroatoms. The fraction of sp³-hybridized carbons (Fsp3) is 0. The third kappa shape index (κ3) is 1.85. The number of hydrogen-bond acceptors (Lipinski definition) is 3. The highest BCUT2D eigenvalue weighted by Crippen LogP contribution is 2.27. The van der Waals surface area contributed by atoms with Crippen molar-refractivity contribution in [3.8, 4) is 17.2 Å². The summed E-state index contributed by atoms with van der Waals surface area (Å²) in [6.07, 6.45) is 0. The topological polar surface area (TPSA) is 46.3 Å². The van der Waals surface area contributed by atoms with Gasteiger partial charge < -0.3 is 9.52 Å². The maximum Gasteiger partial charge on any atom is 0.227 e. The van der Waals surface area contributed by atoms with Crippen molar-refractivity contribution in [2.75, 3.05) is 0 Å². The van der Waals surface area contributed by atoms with E-state index in [1.807, 2.05) is 12.1 Å². The minimum absolute atomic E-state index is 0.163. The van der Waals surface area contributed by atoms with E-state index in [4.69, 9.17) is 16.0 Å². The number of hydrogen-bond donors (Lipinski definition) is 1. The lowest BCUT2D eigenvalue weighted by Gasteiger charge is -1.94. The van der Waals surface area contributed by atoms with E-state index in [0.717, 1.165) is 5.56 Å². The van der Waals surface area contributed by atoms with E-state index in [0.29, 0.717) is 22.0 Å². The van der Waals surface area contributed by atoms with Crippen molar-refractivity contribution in [2.24, 2.45) is 0 Å². The van der Waals surface area contributed by atoms with Gasteiger partial charge in [0.15, 0.2) is 5.58 Å². The van der Waals surface area contributed by atoms with Crippen molar-refractivity contribution in [2.45, 2.75) is 0 Å². The molecule has 0 radical (unpaired) electrons. The zero-order chi connectivity index (χ0) is 11.8. The molecule has 0 saturated heterocycles. The zero-order valence-electron chi connectivity index (χ0n) is 8.72. The Hall–Kier alpha value is -2.00. The predicted molar refractivity (Wildman–Crippen MR) is 66.1 cm³/mol. The van der Waals surface area contributed by atoms with E-state index in [-0.39, 0.29) is 5.75 Å². The Morgan fingerprint density at radius 1 is 1.06 bits per heavy atom. The molecule has 0 amide bonds. The molecule has 1 heterocycles. The van der Waals surface area contributed by atoms with Gasteiger partial charge in [0.25, 0.3) is 0 Å². The molecule has 3 rings (SSSR count). The molecule has 0 atom stereocenters. The summed E-state index contributed by atoms with van der Waals surface area (Å²) in [5, 5.41) is 10.0. The molecule has 84 valence electrons. The van der Waals surface area contributed by atoms with Crippen LogP contribution < -0.4 is 0 Å². The summed E-state index contributed by atoms with van der Waals surface area (Å²) in [6, 6.07) is 12.1. The Morgan fingerprint density at radius 2 is 1.82 bits per heavy atom. The monoisotopic (exact) mass is 245 g/mol. The summed E-state index contributed by atoms with van der Waals surface area (Å²) in [4.78, 5) is 4.33. The van der Waals surface area contributed by atoms with E-state index in [2.05, 4.69) is 4.98 Å². The largest absolute Gasteiger partial charge is 0.508 e. The Morgan fingerprint density at radius 3 is 2.59 bits per heavy atom. The number of rotatable bonds is 1. The van der Waals surface area contributed by atoms with E-state index in [9.17, 15) is 5.11 Å². The first kappa shape index (κ1) is 10.2. The molecular weight excluding hydrogens is 238 g/mol. The number of phenols is 1. The standard InChI is InChI=1S/C13H8ClNO2/c14-9-3-1-8(2-4-9)13-15-11-6-5-10(16)7-12(11)17-13/h1-7,16H. The summed E-state index contributed by atoms with van der Waals surface area (Å²) in [7, 11) is 0. The first-order chi connectivity index (χ1) is 8.22. The number of phenolic OH excluding ortho intramolecular Hbond substituents is 1. The number of benzene rings is 2. The predicted octanol–water partition coefficient (Wildman–Crippen LogP) is 3.85. The van der Waals surface area contributed by atoms with Gasteiger partial charge in [-0.3, -0.25) is 0 Å². The fourth-order valence-corrected chi connectivity index (χ4v) is 1.76. The van der Waals surface area contributed by atoms with Crippen molar-refractivity contribution in [1.82, 2.24) is 4.98 Å². The average molecular weight is 246 g/mol. The number of fused-ring (bicyclic) bond motifs is 1. The molecule has 0 bridgehead atoms. The van der Waals surface area contributed by atoms with Crippen LogP contribution in [-0.2, 0) is 0 Å². The lowest BCUT2D eigenvalue weighted by molar-refractivity contribution is 0.474. The van der Waals surface area contributed by atoms with Gasteiger partial charge in [-0.25, -0.2) is 4.98 Å². The molecule has 0 aliphatic carbocycles. The highest BCUT2D eigenvalue weighted by atomic mass is 35.5. The normalized spacial score (nSPS) is 10.9. The second-order valence-electron chi connectivity index (χ2n) is 3.68. The zero-order valence-corrected chi connectivity index (χ0v) is 9.48. The molecule has 0 saturated carbocycles. The van der Waals surface area contributed by atoms with Crippen LogP contribution in [0, 0.1) is 0 Å². The van der Waals surface area contributed by atoms with E-state index in [1.54, 1.807) is 30.3 Å². The highest BCUT2D eigenvalue weighted by Gasteiger charge is 2.08. The van der Waals surface area contributed by atoms with Gasteiger partial charge in [-0.15, -0.1) is 0 Å². The van der Waals surface area contributed by atoms with Crippen LogP contribution in [0.1, 0.15) is 0 Å². The Labute approximate surface area is 102 Å². The van der Waals surface area contributed by atoms with Crippen LogP contribution in [-0.4, -0.2) is 10.1 Å². The lowest BCUT2D eigenvalue weighted by Crippen LogP contribution is -1.75. The van der Waals surface area contributed by atoms with Crippen LogP contribution in [0.15, 0.2) is 46.9 Å². The summed E-state index contributed by atoms with van der Waals surface area (Å²) < 4.78 is 5.56. The molecule has 0 unspecified atom stereocenters. The minimum atomic E-state index is 0.163. The molecule has 3 aromatic rings. The Bertz CT molecular complexity index is 673. The van der Waals surface area contributed by atoms with E-state index < -0.39 is 0 Å². The molecular formula is C13H8ClNO2. The quantitative estimate of drug-likeness (QED) is 0.708. The molecule has 0 fully saturated rings. The molecule has 2 aromatic carbocycles. The smallest absolute Gasteiger partial charge is 0.227 e. The maximum absolute atomic E-state index is 9.34. The second kappa shape index (κ2) is 3.79. The van der Waals surface area contributed by atoms with Crippen molar-refractivity contribution in [3.63, 3.8) is 0 Å². The van der Waals surface area contributed by atoms with Gasteiger partial charge in [-0.1, -0.05) is 11.6 Å². The molecule has 0 spiro atoms. The van der Waals surface area contributed by atoms with Crippen LogP contribution in [0.4, 0.5) is 0 Å². The Balaban J connectivity index is 2.14. The maximum atomic E-state index is 9.34. The van der Waals surface area contributed by atoms with E-state index in [1.165, 1.54) is 0 Å². The van der Waals surface area contributed by atoms with Crippen molar-refractivity contribution in [1.29, 1.82) is 0 Å². The molecule has 3 nitrogen and oxygen atoms in total. The molecule has 17 heavy (non-hydrogen) atoms. The highest BCUT2D eigenvalue weighted by molar-refractivity contribution is 6.30. The van der Waals surface area contributed by atoms with Gasteiger partial charge in [0.2, 0.25) is 5.89 Å². The van der Waals surface area contributed by atoms with Crippen molar-refractivity contribution < 1.29 is 9.52 Å². The number of oxazole rings is 1. The van der Waals surface area contributed by atoms with Gasteiger partial charge in [-0.05, 0) is 36.4 Å². The van der Waals surface area contributed by atoms with Crippen LogP contribution in [0.5, 0.6) is 5.75 Å². The molecule has 1 N–H and O–H groups in total. The third-order valence-electron chi connectivity index (χ3n) is 2.46. The summed E-state index contributed by atoms with van der Waals surface area (Å²) in [6.45, 7) is 0. The minimum Gasteiger partial charge on any atom is -0.508 e. The summed E-state index contributed by atoms with van der Waals surface area (Å²) >= 11 is 5.81. The molecule has 0 aliphatic rings. The lowest BCUT2D eigenvalue weighted by atomic mass is 10.2. The van der Waals surface area contributed by atoms with Gasteiger partial charge >= 0.3 is 0 Å². The summed E-state index contributed by atoms with van der Waals surface area (Å²) in [5.74, 6) is 0.679. The van der Waals surface area contributed by atoms with Crippen LogP contribution in [0.2, 0.25) is 5.02 Å². The first-order valence-corrected chi connectivity index (χ1v) is 5.46. The van der Waals surface area contributed by atoms with E-state index >= 15 is 0 Å². The Kier molecular flexibility index (Phi) is 2.27. The second-order valence-corrected chi connectivity index (χ2v) is 4.11. The van der Waals surface area contributed by atoms with Gasteiger partial charge in [0.1, 0.15) is 11.3 Å². The third-order valence-corrected chi connectivity index (χ3v) is 2.72. The van der Waals surface area contributed by atoms with Gasteiger partial charge in [0, 0.05) is 16.7 Å². The molecule has 1 aromatic heterocycles. The number of aromatic hydroxyl groups is 1. The molecule has 0 aliphatic heterocycles. The SMILES string of the molecule is Oc1ccc2nc(-c3ccc(Cl)cc3)oc2c1. The van der Waals surface area contributed by atoms with Crippen LogP contribution in [0.3, 0.4) is 0 Å². The van der Waals surface area contributed by atoms with Gasteiger partial charge in [0.05, 0.1) is 0 Å². The summed E-state index contributed by atoms with van der Waals surface area (Å²) in [5.41, 5.74) is 2.13. The van der Waals surface area contributed by atoms with Crippen molar-refractivity contribution in [3.05, 3.63) is 47.5 Å². The van der Waals surface area contributed by atoms with Crippen molar-refractivity contribution >= 4 is 22.7 Å². The average Bonchev–Trinajstić information content (AvgIpc) is 2.72. The number of aromatic nitrogens is 1. The number of nitrogens with zero attached hydrogens (tertiary/aromatic N) is 1. The van der Waals surface area contributed by atoms with Gasteiger partial charge in [-0.2, -0.15) is 0 Å². The van der Waals surface area contributed by atoms with Crippen LogP contribution >= 0.6 is 11.6 Å². The fourth-order valence-electron chi connectivity index (χ4n) is 1.63.